The lowest BCUT2D eigenvalue weighted by Crippen LogP contribution is -2.23. The first kappa shape index (κ1) is 16.1. The van der Waals surface area contributed by atoms with Gasteiger partial charge in [-0.1, -0.05) is 34.1 Å². The molecule has 2 rings (SSSR count). The van der Waals surface area contributed by atoms with Gasteiger partial charge in [0.1, 0.15) is 11.6 Å². The van der Waals surface area contributed by atoms with E-state index < -0.39 is 21.7 Å². The Kier molecular flexibility index (Phi) is 5.08. The van der Waals surface area contributed by atoms with Crippen molar-refractivity contribution in [2.75, 3.05) is 0 Å². The lowest BCUT2D eigenvalue weighted by atomic mass is 10.2. The third kappa shape index (κ3) is 4.09. The van der Waals surface area contributed by atoms with Crippen LogP contribution in [0.1, 0.15) is 11.1 Å². The molecule has 7 heteroatoms. The van der Waals surface area contributed by atoms with Crippen molar-refractivity contribution in [3.05, 3.63) is 65.2 Å². The minimum absolute atomic E-state index is 0.0806. The van der Waals surface area contributed by atoms with Crippen molar-refractivity contribution in [2.45, 2.75) is 16.8 Å². The second-order valence-corrected chi connectivity index (χ2v) is 6.67. The van der Waals surface area contributed by atoms with E-state index in [1.807, 2.05) is 0 Å². The van der Waals surface area contributed by atoms with Crippen LogP contribution in [-0.2, 0) is 21.9 Å². The Bertz CT molecular complexity index is 733. The second kappa shape index (κ2) is 6.64. The molecule has 0 saturated carbocycles. The van der Waals surface area contributed by atoms with Gasteiger partial charge < -0.3 is 0 Å². The van der Waals surface area contributed by atoms with Gasteiger partial charge in [-0.3, -0.25) is 0 Å². The predicted octanol–water partition coefficient (Wildman–Crippen LogP) is 3.34. The Morgan fingerprint density at radius 3 is 2.29 bits per heavy atom. The predicted molar refractivity (Wildman–Crippen MR) is 79.5 cm³/mol. The highest BCUT2D eigenvalue weighted by Gasteiger charge is 2.14. The third-order valence-corrected chi connectivity index (χ3v) is 4.92. The lowest BCUT2D eigenvalue weighted by Gasteiger charge is -2.08. The normalized spacial score (nSPS) is 11.6. The van der Waals surface area contributed by atoms with Gasteiger partial charge in [0.25, 0.3) is 0 Å². The van der Waals surface area contributed by atoms with Crippen molar-refractivity contribution >= 4 is 26.0 Å². The maximum atomic E-state index is 13.4. The van der Waals surface area contributed by atoms with Crippen LogP contribution in [0.4, 0.5) is 8.78 Å². The monoisotopic (exact) mass is 375 g/mol. The molecule has 0 unspecified atom stereocenters. The number of hydrogen-bond acceptors (Lipinski definition) is 2. The Balaban J connectivity index is 2.13. The maximum absolute atomic E-state index is 13.4. The highest BCUT2D eigenvalue weighted by atomic mass is 79.9. The zero-order valence-electron chi connectivity index (χ0n) is 10.8. The molecule has 0 aliphatic carbocycles. The van der Waals surface area contributed by atoms with Crippen molar-refractivity contribution in [3.8, 4) is 0 Å². The van der Waals surface area contributed by atoms with E-state index >= 15 is 0 Å². The summed E-state index contributed by atoms with van der Waals surface area (Å²) in [6.45, 7) is -0.241. The van der Waals surface area contributed by atoms with E-state index in [0.29, 0.717) is 11.4 Å². The van der Waals surface area contributed by atoms with E-state index in [-0.39, 0.29) is 17.0 Å². The van der Waals surface area contributed by atoms with Crippen LogP contribution in [-0.4, -0.2) is 8.42 Å². The molecule has 0 aromatic heterocycles. The molecule has 0 bridgehead atoms. The lowest BCUT2D eigenvalue weighted by molar-refractivity contribution is 0.562. The molecule has 0 aliphatic rings. The fourth-order valence-corrected chi connectivity index (χ4v) is 3.06. The molecule has 0 radical (unpaired) electrons. The first-order valence-corrected chi connectivity index (χ1v) is 8.61. The number of alkyl halides is 1. The van der Waals surface area contributed by atoms with Crippen molar-refractivity contribution in [2.24, 2.45) is 0 Å². The van der Waals surface area contributed by atoms with Crippen LogP contribution in [0.15, 0.2) is 47.4 Å². The summed E-state index contributed by atoms with van der Waals surface area (Å²) in [6.07, 6.45) is 0. The molecular formula is C14H12BrF2NO2S. The molecule has 3 nitrogen and oxygen atoms in total. The average Bonchev–Trinajstić information content (AvgIpc) is 2.46. The molecule has 0 heterocycles. The Labute approximate surface area is 130 Å². The fourth-order valence-electron chi connectivity index (χ4n) is 1.68. The van der Waals surface area contributed by atoms with E-state index in [9.17, 15) is 17.2 Å². The van der Waals surface area contributed by atoms with Gasteiger partial charge >= 0.3 is 0 Å². The highest BCUT2D eigenvalue weighted by Crippen LogP contribution is 2.14. The number of halogens is 3. The summed E-state index contributed by atoms with van der Waals surface area (Å²) in [5.74, 6) is -1.49. The Morgan fingerprint density at radius 1 is 1.05 bits per heavy atom. The van der Waals surface area contributed by atoms with Crippen LogP contribution in [0.2, 0.25) is 0 Å². The van der Waals surface area contributed by atoms with Gasteiger partial charge in [-0.15, -0.1) is 0 Å². The molecular weight excluding hydrogens is 364 g/mol. The number of sulfonamides is 1. The number of hydrogen-bond donors (Lipinski definition) is 1. The summed E-state index contributed by atoms with van der Waals surface area (Å²) in [5, 5.41) is 0.627. The molecule has 21 heavy (non-hydrogen) atoms. The van der Waals surface area contributed by atoms with Gasteiger partial charge in [0.05, 0.1) is 4.90 Å². The topological polar surface area (TPSA) is 46.2 Å². The summed E-state index contributed by atoms with van der Waals surface area (Å²) < 4.78 is 52.6. The van der Waals surface area contributed by atoms with Crippen molar-refractivity contribution in [3.63, 3.8) is 0 Å². The van der Waals surface area contributed by atoms with E-state index in [4.69, 9.17) is 0 Å². The molecule has 0 amide bonds. The Morgan fingerprint density at radius 2 is 1.71 bits per heavy atom. The average molecular weight is 376 g/mol. The third-order valence-electron chi connectivity index (χ3n) is 2.86. The molecule has 0 atom stereocenters. The van der Waals surface area contributed by atoms with Crippen LogP contribution in [0.3, 0.4) is 0 Å². The van der Waals surface area contributed by atoms with Gasteiger partial charge in [-0.25, -0.2) is 21.9 Å². The van der Waals surface area contributed by atoms with Crippen molar-refractivity contribution in [1.82, 2.24) is 4.72 Å². The van der Waals surface area contributed by atoms with E-state index in [2.05, 4.69) is 20.7 Å². The van der Waals surface area contributed by atoms with Crippen LogP contribution < -0.4 is 4.72 Å². The van der Waals surface area contributed by atoms with Crippen LogP contribution >= 0.6 is 15.9 Å². The van der Waals surface area contributed by atoms with E-state index in [1.165, 1.54) is 18.2 Å². The molecule has 112 valence electrons. The first-order chi connectivity index (χ1) is 9.92. The smallest absolute Gasteiger partial charge is 0.207 e. The van der Waals surface area contributed by atoms with Crippen molar-refractivity contribution < 1.29 is 17.2 Å². The van der Waals surface area contributed by atoms with Gasteiger partial charge in [0, 0.05) is 23.5 Å². The molecule has 2 aromatic carbocycles. The maximum Gasteiger partial charge on any atom is 0.240 e. The number of rotatable bonds is 5. The molecule has 2 aromatic rings. The summed E-state index contributed by atoms with van der Waals surface area (Å²) in [5.41, 5.74) is 1.02. The summed E-state index contributed by atoms with van der Waals surface area (Å²) in [6, 6.07) is 9.32. The minimum atomic E-state index is -3.74. The Hall–Kier alpha value is -1.31. The summed E-state index contributed by atoms with van der Waals surface area (Å²) in [7, 11) is -3.74. The van der Waals surface area contributed by atoms with Crippen LogP contribution in [0.25, 0.3) is 0 Å². The fraction of sp³-hybridized carbons (Fsp3) is 0.143. The zero-order chi connectivity index (χ0) is 15.5. The number of nitrogens with one attached hydrogen (secondary N) is 1. The van der Waals surface area contributed by atoms with E-state index in [1.54, 1.807) is 12.1 Å². The molecule has 0 saturated heterocycles. The quantitative estimate of drug-likeness (QED) is 0.814. The van der Waals surface area contributed by atoms with E-state index in [0.717, 1.165) is 11.6 Å². The zero-order valence-corrected chi connectivity index (χ0v) is 13.2. The molecule has 0 fully saturated rings. The SMILES string of the molecule is O=S(=O)(NCc1ccc(F)cc1F)c1ccc(CBr)cc1. The van der Waals surface area contributed by atoms with Crippen LogP contribution in [0, 0.1) is 11.6 Å². The van der Waals surface area contributed by atoms with Crippen molar-refractivity contribution in [1.29, 1.82) is 0 Å². The first-order valence-electron chi connectivity index (χ1n) is 6.01. The van der Waals surface area contributed by atoms with Gasteiger partial charge in [-0.05, 0) is 23.8 Å². The molecule has 1 N–H and O–H groups in total. The molecule has 0 spiro atoms. The van der Waals surface area contributed by atoms with Crippen LogP contribution in [0.5, 0.6) is 0 Å². The van der Waals surface area contributed by atoms with Gasteiger partial charge in [0.15, 0.2) is 0 Å². The summed E-state index contributed by atoms with van der Waals surface area (Å²) in [4.78, 5) is 0.0923. The standard InChI is InChI=1S/C14H12BrF2NO2S/c15-8-10-1-5-13(6-2-10)21(19,20)18-9-11-3-4-12(16)7-14(11)17/h1-7,18H,8-9H2. The minimum Gasteiger partial charge on any atom is -0.207 e. The number of benzene rings is 2. The van der Waals surface area contributed by atoms with Gasteiger partial charge in [0.2, 0.25) is 10.0 Å². The second-order valence-electron chi connectivity index (χ2n) is 4.34. The summed E-state index contributed by atoms with van der Waals surface area (Å²) >= 11 is 3.27. The largest absolute Gasteiger partial charge is 0.240 e. The van der Waals surface area contributed by atoms with Gasteiger partial charge in [-0.2, -0.15) is 0 Å². The molecule has 0 aliphatic heterocycles. The highest BCUT2D eigenvalue weighted by molar-refractivity contribution is 9.08.